The van der Waals surface area contributed by atoms with Crippen molar-refractivity contribution in [3.05, 3.63) is 82.4 Å². The number of nitriles is 1. The molecule has 3 aromatic carbocycles. The molecule has 2 amide bonds. The maximum atomic E-state index is 12.6. The van der Waals surface area contributed by atoms with E-state index in [0.29, 0.717) is 29.3 Å². The molecule has 3 rings (SSSR count). The first kappa shape index (κ1) is 27.1. The summed E-state index contributed by atoms with van der Waals surface area (Å²) in [5, 5.41) is 15.1. The fourth-order valence-corrected chi connectivity index (χ4v) is 3.61. The van der Waals surface area contributed by atoms with E-state index >= 15 is 0 Å². The Morgan fingerprint density at radius 3 is 2.43 bits per heavy atom. The summed E-state index contributed by atoms with van der Waals surface area (Å²) in [5.74, 6) is 0.123. The normalized spacial score (nSPS) is 10.7. The van der Waals surface area contributed by atoms with Gasteiger partial charge in [0.05, 0.1) is 18.7 Å². The highest BCUT2D eigenvalue weighted by Gasteiger charge is 2.16. The van der Waals surface area contributed by atoms with Crippen LogP contribution in [0.15, 0.2) is 66.2 Å². The Morgan fingerprint density at radius 1 is 1.03 bits per heavy atom. The highest BCUT2D eigenvalue weighted by Crippen LogP contribution is 2.37. The van der Waals surface area contributed by atoms with Gasteiger partial charge in [0.1, 0.15) is 17.4 Å². The minimum atomic E-state index is -0.588. The van der Waals surface area contributed by atoms with E-state index in [4.69, 9.17) is 25.8 Å². The molecule has 0 saturated carbocycles. The zero-order valence-corrected chi connectivity index (χ0v) is 21.4. The Kier molecular flexibility index (Phi) is 9.53. The number of nitrogens with zero attached hydrogens (tertiary/aromatic N) is 1. The summed E-state index contributed by atoms with van der Waals surface area (Å²) in [6.45, 7) is 4.04. The van der Waals surface area contributed by atoms with Crippen molar-refractivity contribution >= 4 is 40.9 Å². The summed E-state index contributed by atoms with van der Waals surface area (Å²) in [6, 6.07) is 19.1. The maximum absolute atomic E-state index is 12.6. The smallest absolute Gasteiger partial charge is 0.266 e. The number of rotatable bonds is 10. The summed E-state index contributed by atoms with van der Waals surface area (Å²) in [4.78, 5) is 25.0. The molecule has 0 bridgehead atoms. The number of anilines is 2. The number of nitrogens with one attached hydrogen (secondary N) is 2. The second kappa shape index (κ2) is 13.0. The van der Waals surface area contributed by atoms with E-state index in [1.807, 2.05) is 38.1 Å². The fraction of sp³-hybridized carbons (Fsp3) is 0.179. The van der Waals surface area contributed by atoms with E-state index in [0.717, 1.165) is 5.56 Å². The number of methoxy groups -OCH3 is 1. The first-order valence-corrected chi connectivity index (χ1v) is 11.7. The number of amides is 2. The minimum absolute atomic E-state index is 0.141. The molecule has 0 aromatic heterocycles. The summed E-state index contributed by atoms with van der Waals surface area (Å²) in [5.41, 5.74) is 2.48. The van der Waals surface area contributed by atoms with Gasteiger partial charge in [0.25, 0.3) is 11.8 Å². The van der Waals surface area contributed by atoms with Crippen LogP contribution >= 0.6 is 11.6 Å². The van der Waals surface area contributed by atoms with Crippen molar-refractivity contribution in [2.24, 2.45) is 0 Å². The third kappa shape index (κ3) is 7.75. The van der Waals surface area contributed by atoms with Crippen molar-refractivity contribution in [2.75, 3.05) is 31.0 Å². The van der Waals surface area contributed by atoms with Gasteiger partial charge in [-0.15, -0.1) is 0 Å². The molecule has 0 atom stereocenters. The molecule has 0 aliphatic rings. The Bertz CT molecular complexity index is 1350. The maximum Gasteiger partial charge on any atom is 0.266 e. The molecule has 2 N–H and O–H groups in total. The van der Waals surface area contributed by atoms with E-state index in [2.05, 4.69) is 10.6 Å². The topological polar surface area (TPSA) is 110 Å². The fourth-order valence-electron chi connectivity index (χ4n) is 3.34. The van der Waals surface area contributed by atoms with E-state index in [1.165, 1.54) is 19.3 Å². The molecule has 0 unspecified atom stereocenters. The lowest BCUT2D eigenvalue weighted by molar-refractivity contribution is -0.118. The van der Waals surface area contributed by atoms with E-state index in [9.17, 15) is 14.9 Å². The lowest BCUT2D eigenvalue weighted by Crippen LogP contribution is -2.20. The Balaban J connectivity index is 1.71. The zero-order valence-electron chi connectivity index (χ0n) is 20.6. The number of hydrogen-bond donors (Lipinski definition) is 2. The van der Waals surface area contributed by atoms with Crippen molar-refractivity contribution in [3.8, 4) is 23.3 Å². The highest BCUT2D eigenvalue weighted by molar-refractivity contribution is 6.32. The van der Waals surface area contributed by atoms with Gasteiger partial charge in [-0.1, -0.05) is 23.7 Å². The van der Waals surface area contributed by atoms with Crippen LogP contribution in [0.25, 0.3) is 6.08 Å². The van der Waals surface area contributed by atoms with Gasteiger partial charge in [0.2, 0.25) is 0 Å². The van der Waals surface area contributed by atoms with Crippen LogP contribution in [0.2, 0.25) is 5.02 Å². The number of carbonyl (C=O) groups is 2. The van der Waals surface area contributed by atoms with E-state index < -0.39 is 5.91 Å². The first-order chi connectivity index (χ1) is 17.8. The lowest BCUT2D eigenvalue weighted by atomic mass is 10.1. The molecule has 9 heteroatoms. The minimum Gasteiger partial charge on any atom is -0.494 e. The van der Waals surface area contributed by atoms with Gasteiger partial charge in [-0.05, 0) is 79.6 Å². The van der Waals surface area contributed by atoms with E-state index in [-0.39, 0.29) is 34.6 Å². The van der Waals surface area contributed by atoms with Crippen LogP contribution in [0.4, 0.5) is 11.4 Å². The Hall–Kier alpha value is -4.48. The third-order valence-electron chi connectivity index (χ3n) is 5.00. The number of carbonyl (C=O) groups excluding carboxylic acids is 2. The molecule has 8 nitrogen and oxygen atoms in total. The van der Waals surface area contributed by atoms with Crippen LogP contribution in [0.3, 0.4) is 0 Å². The molecule has 0 aliphatic carbocycles. The van der Waals surface area contributed by atoms with Crippen LogP contribution in [-0.2, 0) is 9.59 Å². The van der Waals surface area contributed by atoms with Crippen LogP contribution < -0.4 is 24.8 Å². The molecule has 0 fully saturated rings. The molecule has 190 valence electrons. The second-order valence-corrected chi connectivity index (χ2v) is 8.23. The van der Waals surface area contributed by atoms with Crippen molar-refractivity contribution in [1.29, 1.82) is 5.26 Å². The highest BCUT2D eigenvalue weighted by atomic mass is 35.5. The first-order valence-electron chi connectivity index (χ1n) is 11.4. The molecule has 0 spiro atoms. The van der Waals surface area contributed by atoms with Gasteiger partial charge in [-0.2, -0.15) is 5.26 Å². The molecule has 0 aliphatic heterocycles. The van der Waals surface area contributed by atoms with Gasteiger partial charge in [0.15, 0.2) is 18.1 Å². The quantitative estimate of drug-likeness (QED) is 0.266. The van der Waals surface area contributed by atoms with Gasteiger partial charge in [-0.3, -0.25) is 9.59 Å². The summed E-state index contributed by atoms with van der Waals surface area (Å²) >= 11 is 6.39. The van der Waals surface area contributed by atoms with Gasteiger partial charge in [-0.25, -0.2) is 0 Å². The molecule has 0 radical (unpaired) electrons. The number of halogens is 1. The number of ether oxygens (including phenoxy) is 3. The summed E-state index contributed by atoms with van der Waals surface area (Å²) in [7, 11) is 1.42. The number of hydrogen-bond acceptors (Lipinski definition) is 6. The van der Waals surface area contributed by atoms with Gasteiger partial charge < -0.3 is 24.8 Å². The average molecular weight is 520 g/mol. The zero-order chi connectivity index (χ0) is 26.8. The third-order valence-corrected chi connectivity index (χ3v) is 5.28. The largest absolute Gasteiger partial charge is 0.494 e. The standard InChI is InChI=1S/C28H26ClN3O5/c1-4-36-23-10-8-21(9-11-23)32-28(34)20(16-30)13-19-14-24(29)27(25(15-19)35-3)37-17-26(33)31-22-7-5-6-18(2)12-22/h5-15H,4,17H2,1-3H3,(H,31,33)(H,32,34)/b20-13+. The van der Waals surface area contributed by atoms with E-state index in [1.54, 1.807) is 36.4 Å². The number of benzene rings is 3. The molecule has 37 heavy (non-hydrogen) atoms. The predicted molar refractivity (Wildman–Crippen MR) is 143 cm³/mol. The van der Waals surface area contributed by atoms with Gasteiger partial charge >= 0.3 is 0 Å². The van der Waals surface area contributed by atoms with Crippen LogP contribution in [0.5, 0.6) is 17.2 Å². The Labute approximate surface area is 220 Å². The number of aryl methyl sites for hydroxylation is 1. The Morgan fingerprint density at radius 2 is 1.78 bits per heavy atom. The van der Waals surface area contributed by atoms with Crippen molar-refractivity contribution in [3.63, 3.8) is 0 Å². The van der Waals surface area contributed by atoms with Crippen molar-refractivity contribution < 1.29 is 23.8 Å². The molecular weight excluding hydrogens is 494 g/mol. The summed E-state index contributed by atoms with van der Waals surface area (Å²) in [6.07, 6.45) is 1.38. The van der Waals surface area contributed by atoms with Crippen molar-refractivity contribution in [2.45, 2.75) is 13.8 Å². The van der Waals surface area contributed by atoms with Crippen LogP contribution in [-0.4, -0.2) is 32.1 Å². The van der Waals surface area contributed by atoms with Crippen LogP contribution in [0.1, 0.15) is 18.1 Å². The predicted octanol–water partition coefficient (Wildman–Crippen LogP) is 5.62. The molecular formula is C28H26ClN3O5. The molecule has 0 heterocycles. The summed E-state index contributed by atoms with van der Waals surface area (Å²) < 4.78 is 16.4. The van der Waals surface area contributed by atoms with Gasteiger partial charge in [0, 0.05) is 11.4 Å². The molecule has 3 aromatic rings. The SMILES string of the molecule is CCOc1ccc(NC(=O)/C(C#N)=C/c2cc(Cl)c(OCC(=O)Nc3cccc(C)c3)c(OC)c2)cc1. The average Bonchev–Trinajstić information content (AvgIpc) is 2.87. The molecule has 0 saturated heterocycles. The van der Waals surface area contributed by atoms with Crippen LogP contribution in [0, 0.1) is 18.3 Å². The lowest BCUT2D eigenvalue weighted by Gasteiger charge is -2.14. The monoisotopic (exact) mass is 519 g/mol. The van der Waals surface area contributed by atoms with Crippen molar-refractivity contribution in [1.82, 2.24) is 0 Å². The second-order valence-electron chi connectivity index (χ2n) is 7.82.